The first-order chi connectivity index (χ1) is 14.3. The Hall–Kier alpha value is -3.92. The first-order valence-corrected chi connectivity index (χ1v) is 9.39. The number of carbonyl (C=O) groups excluding carboxylic acids is 1. The highest BCUT2D eigenvalue weighted by atomic mass is 16.5. The van der Waals surface area contributed by atoms with Gasteiger partial charge in [-0.3, -0.25) is 4.79 Å². The van der Waals surface area contributed by atoms with Crippen molar-refractivity contribution in [3.8, 4) is 22.8 Å². The van der Waals surface area contributed by atoms with Crippen molar-refractivity contribution in [2.45, 2.75) is 6.54 Å². The highest BCUT2D eigenvalue weighted by Crippen LogP contribution is 2.21. The average Bonchev–Trinajstić information content (AvgIpc) is 2.79. The first-order valence-electron chi connectivity index (χ1n) is 9.39. The van der Waals surface area contributed by atoms with E-state index >= 15 is 0 Å². The van der Waals surface area contributed by atoms with Crippen molar-refractivity contribution in [3.05, 3.63) is 114 Å². The number of hydrogen-bond acceptors (Lipinski definition) is 3. The van der Waals surface area contributed by atoms with Crippen molar-refractivity contribution in [2.75, 3.05) is 0 Å². The van der Waals surface area contributed by atoms with Crippen LogP contribution in [0.2, 0.25) is 0 Å². The number of rotatable bonds is 6. The smallest absolute Gasteiger partial charge is 0.251 e. The Bertz CT molecular complexity index is 1080. The second kappa shape index (κ2) is 8.85. The zero-order valence-corrected chi connectivity index (χ0v) is 15.8. The normalized spacial score (nSPS) is 10.3. The summed E-state index contributed by atoms with van der Waals surface area (Å²) in [4.78, 5) is 16.6. The molecule has 0 aliphatic rings. The van der Waals surface area contributed by atoms with Crippen molar-refractivity contribution in [3.63, 3.8) is 0 Å². The number of nitrogens with one attached hydrogen (secondary N) is 1. The van der Waals surface area contributed by atoms with Crippen LogP contribution >= 0.6 is 0 Å². The van der Waals surface area contributed by atoms with Gasteiger partial charge >= 0.3 is 0 Å². The molecule has 29 heavy (non-hydrogen) atoms. The third kappa shape index (κ3) is 4.87. The van der Waals surface area contributed by atoms with E-state index in [0.717, 1.165) is 16.7 Å². The van der Waals surface area contributed by atoms with E-state index in [-0.39, 0.29) is 5.91 Å². The number of carbonyl (C=O) groups is 1. The number of benzene rings is 3. The van der Waals surface area contributed by atoms with Gasteiger partial charge in [0.2, 0.25) is 5.88 Å². The van der Waals surface area contributed by atoms with Crippen LogP contribution in [-0.2, 0) is 6.54 Å². The van der Waals surface area contributed by atoms with E-state index in [1.165, 1.54) is 0 Å². The van der Waals surface area contributed by atoms with E-state index < -0.39 is 0 Å². The minimum atomic E-state index is -0.111. The monoisotopic (exact) mass is 380 g/mol. The Morgan fingerprint density at radius 1 is 0.793 bits per heavy atom. The highest BCUT2D eigenvalue weighted by molar-refractivity contribution is 5.94. The van der Waals surface area contributed by atoms with Crippen molar-refractivity contribution in [2.24, 2.45) is 0 Å². The number of nitrogens with zero attached hydrogens (tertiary/aromatic N) is 1. The summed E-state index contributed by atoms with van der Waals surface area (Å²) < 4.78 is 5.74. The van der Waals surface area contributed by atoms with Crippen LogP contribution in [0.1, 0.15) is 15.9 Å². The van der Waals surface area contributed by atoms with Crippen LogP contribution in [0.25, 0.3) is 11.1 Å². The van der Waals surface area contributed by atoms with Crippen LogP contribution in [0.3, 0.4) is 0 Å². The topological polar surface area (TPSA) is 51.2 Å². The zero-order chi connectivity index (χ0) is 19.9. The minimum Gasteiger partial charge on any atom is -0.439 e. The first kappa shape index (κ1) is 18.4. The van der Waals surface area contributed by atoms with Crippen LogP contribution in [-0.4, -0.2) is 10.9 Å². The molecule has 3 aromatic carbocycles. The van der Waals surface area contributed by atoms with Crippen LogP contribution < -0.4 is 10.1 Å². The molecule has 0 saturated heterocycles. The Morgan fingerprint density at radius 2 is 1.55 bits per heavy atom. The van der Waals surface area contributed by atoms with Gasteiger partial charge in [-0.05, 0) is 47.0 Å². The van der Waals surface area contributed by atoms with E-state index in [4.69, 9.17) is 4.74 Å². The summed E-state index contributed by atoms with van der Waals surface area (Å²) in [6.45, 7) is 0.415. The fraction of sp³-hybridized carbons (Fsp3) is 0.0400. The van der Waals surface area contributed by atoms with Crippen LogP contribution in [0.4, 0.5) is 0 Å². The Labute approximate surface area is 169 Å². The molecule has 1 heterocycles. The largest absolute Gasteiger partial charge is 0.439 e. The summed E-state index contributed by atoms with van der Waals surface area (Å²) in [5.41, 5.74) is 3.80. The molecule has 0 aliphatic heterocycles. The molecule has 4 nitrogen and oxygen atoms in total. The molecule has 1 amide bonds. The van der Waals surface area contributed by atoms with Crippen LogP contribution in [0, 0.1) is 0 Å². The lowest BCUT2D eigenvalue weighted by atomic mass is 10.0. The fourth-order valence-electron chi connectivity index (χ4n) is 2.98. The van der Waals surface area contributed by atoms with Gasteiger partial charge in [0, 0.05) is 24.4 Å². The second-order valence-corrected chi connectivity index (χ2v) is 6.54. The molecule has 4 aromatic rings. The average molecular weight is 380 g/mol. The minimum absolute atomic E-state index is 0.111. The van der Waals surface area contributed by atoms with Gasteiger partial charge in [0.25, 0.3) is 5.91 Å². The molecular weight excluding hydrogens is 360 g/mol. The maximum Gasteiger partial charge on any atom is 0.251 e. The number of amides is 1. The molecule has 4 heteroatoms. The molecule has 1 N–H and O–H groups in total. The van der Waals surface area contributed by atoms with E-state index in [0.29, 0.717) is 23.7 Å². The molecule has 0 fully saturated rings. The maximum absolute atomic E-state index is 12.5. The number of pyridine rings is 1. The summed E-state index contributed by atoms with van der Waals surface area (Å²) >= 11 is 0. The summed E-state index contributed by atoms with van der Waals surface area (Å²) in [5.74, 6) is 1.11. The lowest BCUT2D eigenvalue weighted by molar-refractivity contribution is 0.0951. The van der Waals surface area contributed by atoms with Crippen molar-refractivity contribution in [1.82, 2.24) is 10.3 Å². The molecular formula is C25H20N2O2. The SMILES string of the molecule is O=C(NCc1cccc(Oc2ccccn2)c1)c1ccc(-c2ccccc2)cc1. The van der Waals surface area contributed by atoms with Gasteiger partial charge in [-0.2, -0.15) is 0 Å². The second-order valence-electron chi connectivity index (χ2n) is 6.54. The molecule has 1 aromatic heterocycles. The number of ether oxygens (including phenoxy) is 1. The van der Waals surface area contributed by atoms with Gasteiger partial charge in [-0.25, -0.2) is 4.98 Å². The molecule has 0 radical (unpaired) electrons. The van der Waals surface area contributed by atoms with E-state index in [2.05, 4.69) is 22.4 Å². The van der Waals surface area contributed by atoms with Gasteiger partial charge in [-0.15, -0.1) is 0 Å². The lowest BCUT2D eigenvalue weighted by Crippen LogP contribution is -2.22. The highest BCUT2D eigenvalue weighted by Gasteiger charge is 2.07. The maximum atomic E-state index is 12.5. The van der Waals surface area contributed by atoms with Crippen molar-refractivity contribution >= 4 is 5.91 Å². The van der Waals surface area contributed by atoms with Gasteiger partial charge in [0.1, 0.15) is 5.75 Å². The molecule has 142 valence electrons. The summed E-state index contributed by atoms with van der Waals surface area (Å²) in [6.07, 6.45) is 1.68. The van der Waals surface area contributed by atoms with E-state index in [1.807, 2.05) is 78.9 Å². The summed E-state index contributed by atoms with van der Waals surface area (Å²) in [7, 11) is 0. The number of aromatic nitrogens is 1. The van der Waals surface area contributed by atoms with E-state index in [1.54, 1.807) is 12.3 Å². The Kier molecular flexibility index (Phi) is 5.63. The number of hydrogen-bond donors (Lipinski definition) is 1. The Morgan fingerprint density at radius 3 is 2.31 bits per heavy atom. The zero-order valence-electron chi connectivity index (χ0n) is 15.8. The van der Waals surface area contributed by atoms with Gasteiger partial charge in [0.15, 0.2) is 0 Å². The van der Waals surface area contributed by atoms with E-state index in [9.17, 15) is 4.79 Å². The fourth-order valence-corrected chi connectivity index (χ4v) is 2.98. The molecule has 0 aliphatic carbocycles. The van der Waals surface area contributed by atoms with Crippen LogP contribution in [0.5, 0.6) is 11.6 Å². The molecule has 0 saturated carbocycles. The molecule has 0 spiro atoms. The van der Waals surface area contributed by atoms with Gasteiger partial charge < -0.3 is 10.1 Å². The summed E-state index contributed by atoms with van der Waals surface area (Å²) in [6, 6.07) is 30.8. The predicted molar refractivity (Wildman–Crippen MR) is 114 cm³/mol. The van der Waals surface area contributed by atoms with Crippen molar-refractivity contribution < 1.29 is 9.53 Å². The molecule has 0 atom stereocenters. The third-order valence-electron chi connectivity index (χ3n) is 4.47. The van der Waals surface area contributed by atoms with Gasteiger partial charge in [-0.1, -0.05) is 60.7 Å². The quantitative estimate of drug-likeness (QED) is 0.482. The van der Waals surface area contributed by atoms with Crippen molar-refractivity contribution in [1.29, 1.82) is 0 Å². The lowest BCUT2D eigenvalue weighted by Gasteiger charge is -2.09. The van der Waals surface area contributed by atoms with Gasteiger partial charge in [0.05, 0.1) is 0 Å². The third-order valence-corrected chi connectivity index (χ3v) is 4.47. The molecule has 0 unspecified atom stereocenters. The molecule has 0 bridgehead atoms. The standard InChI is InChI=1S/C25H20N2O2/c28-25(22-14-12-21(13-15-22)20-8-2-1-3-9-20)27-18-19-7-6-10-23(17-19)29-24-11-4-5-16-26-24/h1-17H,18H2,(H,27,28). The summed E-state index contributed by atoms with van der Waals surface area (Å²) in [5, 5.41) is 2.96. The Balaban J connectivity index is 1.37. The predicted octanol–water partition coefficient (Wildman–Crippen LogP) is 5.47. The molecule has 4 rings (SSSR count). The van der Waals surface area contributed by atoms with Crippen LogP contribution in [0.15, 0.2) is 103 Å².